The molecule has 0 rings (SSSR count). The summed E-state index contributed by atoms with van der Waals surface area (Å²) < 4.78 is 19.9. The molecule has 0 bridgehead atoms. The summed E-state index contributed by atoms with van der Waals surface area (Å²) in [6.07, 6.45) is 13.4. The highest BCUT2D eigenvalue weighted by Gasteiger charge is 2.03. The number of hydrogen-bond acceptors (Lipinski definition) is 7. The molecule has 172 valence electrons. The summed E-state index contributed by atoms with van der Waals surface area (Å²) in [6, 6.07) is 0. The van der Waals surface area contributed by atoms with Crippen LogP contribution >= 0.6 is 0 Å². The van der Waals surface area contributed by atoms with Gasteiger partial charge in [-0.25, -0.2) is 14.4 Å². The lowest BCUT2D eigenvalue weighted by molar-refractivity contribution is -0.138. The smallest absolute Gasteiger partial charge is 0.463 e. The second kappa shape index (κ2) is 21.4. The Morgan fingerprint density at radius 2 is 0.733 bits per heavy atom. The third-order valence-electron chi connectivity index (χ3n) is 4.34. The average Bonchev–Trinajstić information content (AvgIpc) is 2.75. The van der Waals surface area contributed by atoms with Crippen molar-refractivity contribution in [3.63, 3.8) is 0 Å². The second-order valence-corrected chi connectivity index (χ2v) is 6.93. The minimum atomic E-state index is -0.594. The van der Waals surface area contributed by atoms with Gasteiger partial charge in [-0.1, -0.05) is 64.5 Å². The van der Waals surface area contributed by atoms with Crippen LogP contribution in [0.15, 0.2) is 25.3 Å². The molecular formula is C23H38O7. The molecular weight excluding hydrogens is 388 g/mol. The van der Waals surface area contributed by atoms with E-state index in [-0.39, 0.29) is 11.9 Å². The Bertz CT molecular complexity index is 446. The van der Waals surface area contributed by atoms with Crippen molar-refractivity contribution in [1.29, 1.82) is 0 Å². The van der Waals surface area contributed by atoms with Gasteiger partial charge in [-0.2, -0.15) is 0 Å². The predicted octanol–water partition coefficient (Wildman–Crippen LogP) is 5.28. The van der Waals surface area contributed by atoms with Crippen LogP contribution in [-0.2, 0) is 28.5 Å². The van der Waals surface area contributed by atoms with Gasteiger partial charge in [-0.3, -0.25) is 0 Å². The van der Waals surface area contributed by atoms with Gasteiger partial charge in [-0.05, 0) is 25.7 Å². The summed E-state index contributed by atoms with van der Waals surface area (Å²) in [7, 11) is 0. The third-order valence-corrected chi connectivity index (χ3v) is 4.34. The van der Waals surface area contributed by atoms with Crippen LogP contribution in [-0.4, -0.2) is 44.5 Å². The van der Waals surface area contributed by atoms with E-state index < -0.39 is 6.16 Å². The first-order chi connectivity index (χ1) is 14.6. The van der Waals surface area contributed by atoms with Crippen LogP contribution < -0.4 is 0 Å². The van der Waals surface area contributed by atoms with E-state index in [9.17, 15) is 14.4 Å². The van der Waals surface area contributed by atoms with Gasteiger partial charge < -0.3 is 18.9 Å². The van der Waals surface area contributed by atoms with E-state index in [2.05, 4.69) is 13.2 Å². The van der Waals surface area contributed by atoms with Gasteiger partial charge in [0.2, 0.25) is 0 Å². The predicted molar refractivity (Wildman–Crippen MR) is 115 cm³/mol. The van der Waals surface area contributed by atoms with Gasteiger partial charge in [-0.15, -0.1) is 0 Å². The van der Waals surface area contributed by atoms with Crippen molar-refractivity contribution in [3.05, 3.63) is 25.3 Å². The van der Waals surface area contributed by atoms with E-state index in [1.165, 1.54) is 12.2 Å². The molecule has 0 saturated heterocycles. The molecule has 0 aliphatic heterocycles. The molecule has 0 amide bonds. The molecule has 0 aliphatic rings. The standard InChI is InChI=1S/C23H38O7/c1-3-21(24)27-17-13-9-5-7-11-15-19-29-23(26)30-20-16-12-8-6-10-14-18-28-22(25)4-2/h3-4H,1-2,5-20H2. The number of carbonyl (C=O) groups is 3. The second-order valence-electron chi connectivity index (χ2n) is 6.93. The van der Waals surface area contributed by atoms with Crippen LogP contribution in [0.1, 0.15) is 77.0 Å². The Kier molecular flexibility index (Phi) is 19.8. The van der Waals surface area contributed by atoms with Crippen LogP contribution in [0.4, 0.5) is 4.79 Å². The van der Waals surface area contributed by atoms with E-state index in [1.807, 2.05) is 0 Å². The SMILES string of the molecule is C=CC(=O)OCCCCCCCCOC(=O)OCCCCCCCCOC(=O)C=C. The van der Waals surface area contributed by atoms with Crippen LogP contribution in [0, 0.1) is 0 Å². The molecule has 0 aromatic carbocycles. The first-order valence-electron chi connectivity index (χ1n) is 11.0. The van der Waals surface area contributed by atoms with Crippen molar-refractivity contribution in [1.82, 2.24) is 0 Å². The molecule has 0 radical (unpaired) electrons. The largest absolute Gasteiger partial charge is 0.508 e. The first kappa shape index (κ1) is 27.7. The fourth-order valence-electron chi connectivity index (χ4n) is 2.64. The summed E-state index contributed by atoms with van der Waals surface area (Å²) >= 11 is 0. The van der Waals surface area contributed by atoms with Gasteiger partial charge >= 0.3 is 18.1 Å². The monoisotopic (exact) mass is 426 g/mol. The van der Waals surface area contributed by atoms with Crippen molar-refractivity contribution < 1.29 is 33.3 Å². The van der Waals surface area contributed by atoms with Crippen LogP contribution in [0.5, 0.6) is 0 Å². The van der Waals surface area contributed by atoms with Gasteiger partial charge in [0, 0.05) is 12.2 Å². The third kappa shape index (κ3) is 20.4. The molecule has 30 heavy (non-hydrogen) atoms. The lowest BCUT2D eigenvalue weighted by Gasteiger charge is -2.07. The van der Waals surface area contributed by atoms with E-state index in [1.54, 1.807) is 0 Å². The number of ether oxygens (including phenoxy) is 4. The average molecular weight is 427 g/mol. The van der Waals surface area contributed by atoms with Crippen molar-refractivity contribution in [3.8, 4) is 0 Å². The Balaban J connectivity index is 3.24. The zero-order valence-electron chi connectivity index (χ0n) is 18.2. The molecule has 0 fully saturated rings. The summed E-state index contributed by atoms with van der Waals surface area (Å²) in [5.74, 6) is -0.750. The highest BCUT2D eigenvalue weighted by molar-refractivity contribution is 5.81. The minimum Gasteiger partial charge on any atom is -0.463 e. The van der Waals surface area contributed by atoms with Crippen LogP contribution in [0.2, 0.25) is 0 Å². The summed E-state index contributed by atoms with van der Waals surface area (Å²) in [6.45, 7) is 8.32. The summed E-state index contributed by atoms with van der Waals surface area (Å²) in [5.41, 5.74) is 0. The highest BCUT2D eigenvalue weighted by Crippen LogP contribution is 2.07. The van der Waals surface area contributed by atoms with Gasteiger partial charge in [0.25, 0.3) is 0 Å². The molecule has 0 aromatic rings. The number of hydrogen-bond donors (Lipinski definition) is 0. The number of unbranched alkanes of at least 4 members (excludes halogenated alkanes) is 10. The molecule has 0 N–H and O–H groups in total. The quantitative estimate of drug-likeness (QED) is 0.113. The highest BCUT2D eigenvalue weighted by atomic mass is 16.7. The number of rotatable bonds is 20. The molecule has 0 atom stereocenters. The maximum absolute atomic E-state index is 11.5. The first-order valence-corrected chi connectivity index (χ1v) is 11.0. The van der Waals surface area contributed by atoms with E-state index in [0.29, 0.717) is 26.4 Å². The minimum absolute atomic E-state index is 0.375. The lowest BCUT2D eigenvalue weighted by Crippen LogP contribution is -2.09. The number of carbonyl (C=O) groups excluding carboxylic acids is 3. The molecule has 0 aliphatic carbocycles. The Morgan fingerprint density at radius 1 is 0.467 bits per heavy atom. The lowest BCUT2D eigenvalue weighted by atomic mass is 10.1. The Labute approximate surface area is 180 Å². The molecule has 0 saturated carbocycles. The van der Waals surface area contributed by atoms with Crippen LogP contribution in [0.25, 0.3) is 0 Å². The van der Waals surface area contributed by atoms with Gasteiger partial charge in [0.15, 0.2) is 0 Å². The summed E-state index contributed by atoms with van der Waals surface area (Å²) in [4.78, 5) is 33.2. The maximum atomic E-state index is 11.5. The maximum Gasteiger partial charge on any atom is 0.508 e. The normalized spacial score (nSPS) is 10.1. The zero-order chi connectivity index (χ0) is 22.3. The molecule has 7 nitrogen and oxygen atoms in total. The topological polar surface area (TPSA) is 88.1 Å². The molecule has 0 unspecified atom stereocenters. The van der Waals surface area contributed by atoms with Gasteiger partial charge in [0.05, 0.1) is 26.4 Å². The Hall–Kier alpha value is -2.31. The fourth-order valence-corrected chi connectivity index (χ4v) is 2.64. The fraction of sp³-hybridized carbons (Fsp3) is 0.696. The van der Waals surface area contributed by atoms with Crippen molar-refractivity contribution in [2.24, 2.45) is 0 Å². The van der Waals surface area contributed by atoms with E-state index >= 15 is 0 Å². The van der Waals surface area contributed by atoms with Crippen LogP contribution in [0.3, 0.4) is 0 Å². The molecule has 0 heterocycles. The van der Waals surface area contributed by atoms with E-state index in [0.717, 1.165) is 77.0 Å². The zero-order valence-corrected chi connectivity index (χ0v) is 18.2. The van der Waals surface area contributed by atoms with Gasteiger partial charge in [0.1, 0.15) is 0 Å². The van der Waals surface area contributed by atoms with Crippen molar-refractivity contribution >= 4 is 18.1 Å². The Morgan fingerprint density at radius 3 is 1.03 bits per heavy atom. The van der Waals surface area contributed by atoms with Crippen molar-refractivity contribution in [2.45, 2.75) is 77.0 Å². The molecule has 0 aromatic heterocycles. The van der Waals surface area contributed by atoms with E-state index in [4.69, 9.17) is 18.9 Å². The van der Waals surface area contributed by atoms with Crippen molar-refractivity contribution in [2.75, 3.05) is 26.4 Å². The number of esters is 2. The molecule has 7 heteroatoms. The molecule has 0 spiro atoms. The summed E-state index contributed by atoms with van der Waals surface area (Å²) in [5, 5.41) is 0.